The van der Waals surface area contributed by atoms with E-state index in [1.807, 2.05) is 0 Å². The van der Waals surface area contributed by atoms with Crippen molar-refractivity contribution >= 4 is 27.3 Å². The molecule has 116 valence electrons. The summed E-state index contributed by atoms with van der Waals surface area (Å²) < 4.78 is 36.0. The molecule has 0 saturated heterocycles. The summed E-state index contributed by atoms with van der Waals surface area (Å²) in [7, 11) is -3.19. The first-order chi connectivity index (χ1) is 9.69. The van der Waals surface area contributed by atoms with Crippen molar-refractivity contribution in [2.75, 3.05) is 12.0 Å². The van der Waals surface area contributed by atoms with Gasteiger partial charge in [0.05, 0.1) is 16.3 Å². The van der Waals surface area contributed by atoms with Crippen LogP contribution in [0.3, 0.4) is 0 Å². The van der Waals surface area contributed by atoms with Crippen molar-refractivity contribution in [3.8, 4) is 0 Å². The van der Waals surface area contributed by atoms with Crippen molar-refractivity contribution in [3.63, 3.8) is 0 Å². The molecule has 0 aliphatic heterocycles. The van der Waals surface area contributed by atoms with Gasteiger partial charge in [-0.25, -0.2) is 12.8 Å². The average Bonchev–Trinajstić information content (AvgIpc) is 3.10. The van der Waals surface area contributed by atoms with Gasteiger partial charge in [0.15, 0.2) is 0 Å². The van der Waals surface area contributed by atoms with E-state index in [0.717, 1.165) is 25.2 Å². The number of carbonyl (C=O) groups excluding carboxylic acids is 1. The van der Waals surface area contributed by atoms with Gasteiger partial charge in [-0.1, -0.05) is 11.6 Å². The molecule has 2 rings (SSSR count). The maximum absolute atomic E-state index is 13.1. The number of hydrogen-bond donors (Lipinski definition) is 0. The van der Waals surface area contributed by atoms with E-state index < -0.39 is 21.7 Å². The normalized spacial score (nSPS) is 16.6. The lowest BCUT2D eigenvalue weighted by Crippen LogP contribution is -2.43. The number of amides is 1. The highest BCUT2D eigenvalue weighted by atomic mass is 35.5. The highest BCUT2D eigenvalue weighted by Crippen LogP contribution is 2.32. The molecule has 7 heteroatoms. The number of halogens is 2. The highest BCUT2D eigenvalue weighted by Gasteiger charge is 2.37. The Labute approximate surface area is 128 Å². The van der Waals surface area contributed by atoms with Crippen LogP contribution < -0.4 is 0 Å². The van der Waals surface area contributed by atoms with Gasteiger partial charge in [0.1, 0.15) is 15.7 Å². The van der Waals surface area contributed by atoms with Crippen LogP contribution in [0.15, 0.2) is 18.2 Å². The molecule has 4 nitrogen and oxygen atoms in total. The minimum absolute atomic E-state index is 0.0374. The monoisotopic (exact) mass is 333 g/mol. The number of hydrogen-bond acceptors (Lipinski definition) is 3. The fraction of sp³-hybridized carbons (Fsp3) is 0.500. The van der Waals surface area contributed by atoms with Crippen LogP contribution in [0.1, 0.15) is 30.1 Å². The van der Waals surface area contributed by atoms with Crippen molar-refractivity contribution in [1.82, 2.24) is 4.90 Å². The van der Waals surface area contributed by atoms with E-state index >= 15 is 0 Å². The average molecular weight is 334 g/mol. The molecule has 1 aliphatic carbocycles. The predicted molar refractivity (Wildman–Crippen MR) is 79.8 cm³/mol. The standard InChI is InChI=1S/C14H17ClFNO3S/c1-9(8-21(2,19)20)17(11-4-5-11)14(18)12-6-3-10(16)7-13(12)15/h3,6-7,9,11H,4-5,8H2,1-2H3. The molecule has 21 heavy (non-hydrogen) atoms. The Bertz CT molecular complexity index is 658. The van der Waals surface area contributed by atoms with Crippen LogP contribution in [0.2, 0.25) is 5.02 Å². The lowest BCUT2D eigenvalue weighted by atomic mass is 10.1. The number of carbonyl (C=O) groups is 1. The molecule has 1 aromatic carbocycles. The summed E-state index contributed by atoms with van der Waals surface area (Å²) in [4.78, 5) is 14.2. The van der Waals surface area contributed by atoms with Crippen LogP contribution in [0, 0.1) is 5.82 Å². The fourth-order valence-electron chi connectivity index (χ4n) is 2.40. The first kappa shape index (κ1) is 16.2. The maximum Gasteiger partial charge on any atom is 0.255 e. The Balaban J connectivity index is 2.27. The number of rotatable bonds is 5. The summed E-state index contributed by atoms with van der Waals surface area (Å²) in [5, 5.41) is 0.0391. The molecule has 0 aromatic heterocycles. The van der Waals surface area contributed by atoms with Crippen molar-refractivity contribution in [2.24, 2.45) is 0 Å². The number of nitrogens with zero attached hydrogens (tertiary/aromatic N) is 1. The van der Waals surface area contributed by atoms with Crippen molar-refractivity contribution in [2.45, 2.75) is 31.8 Å². The second kappa shape index (κ2) is 5.93. The van der Waals surface area contributed by atoms with Gasteiger partial charge in [0, 0.05) is 18.3 Å². The van der Waals surface area contributed by atoms with Gasteiger partial charge in [-0.2, -0.15) is 0 Å². The van der Waals surface area contributed by atoms with Gasteiger partial charge in [-0.3, -0.25) is 4.79 Å². The quantitative estimate of drug-likeness (QED) is 0.832. The molecule has 1 unspecified atom stereocenters. The third-order valence-electron chi connectivity index (χ3n) is 3.36. The molecule has 1 amide bonds. The zero-order chi connectivity index (χ0) is 15.8. The van der Waals surface area contributed by atoms with E-state index in [1.54, 1.807) is 11.8 Å². The Hall–Kier alpha value is -1.14. The Morgan fingerprint density at radius 1 is 1.48 bits per heavy atom. The van der Waals surface area contributed by atoms with Gasteiger partial charge in [-0.15, -0.1) is 0 Å². The largest absolute Gasteiger partial charge is 0.332 e. The molecule has 1 atom stereocenters. The van der Waals surface area contributed by atoms with Crippen molar-refractivity contribution in [1.29, 1.82) is 0 Å². The molecule has 1 saturated carbocycles. The highest BCUT2D eigenvalue weighted by molar-refractivity contribution is 7.90. The van der Waals surface area contributed by atoms with E-state index in [0.29, 0.717) is 0 Å². The van der Waals surface area contributed by atoms with Crippen LogP contribution >= 0.6 is 11.6 Å². The fourth-order valence-corrected chi connectivity index (χ4v) is 3.68. The van der Waals surface area contributed by atoms with E-state index in [2.05, 4.69) is 0 Å². The third kappa shape index (κ3) is 4.17. The lowest BCUT2D eigenvalue weighted by molar-refractivity contribution is 0.0693. The van der Waals surface area contributed by atoms with Gasteiger partial charge in [-0.05, 0) is 38.0 Å². The molecule has 1 aromatic rings. The van der Waals surface area contributed by atoms with Crippen molar-refractivity contribution < 1.29 is 17.6 Å². The van der Waals surface area contributed by atoms with E-state index in [-0.39, 0.29) is 28.3 Å². The molecule has 0 heterocycles. The first-order valence-electron chi connectivity index (χ1n) is 6.64. The SMILES string of the molecule is CC(CS(C)(=O)=O)N(C(=O)c1ccc(F)cc1Cl)C1CC1. The van der Waals surface area contributed by atoms with Crippen LogP contribution in [-0.4, -0.2) is 43.3 Å². The van der Waals surface area contributed by atoms with Gasteiger partial charge in [0.25, 0.3) is 5.91 Å². The summed E-state index contributed by atoms with van der Waals surface area (Å²) in [5.74, 6) is -0.967. The van der Waals surface area contributed by atoms with Gasteiger partial charge < -0.3 is 4.90 Å². The second-order valence-electron chi connectivity index (χ2n) is 5.51. The Morgan fingerprint density at radius 3 is 2.57 bits per heavy atom. The number of sulfone groups is 1. The van der Waals surface area contributed by atoms with E-state index in [1.165, 1.54) is 12.1 Å². The van der Waals surface area contributed by atoms with E-state index in [9.17, 15) is 17.6 Å². The van der Waals surface area contributed by atoms with Gasteiger partial charge >= 0.3 is 0 Å². The molecule has 0 bridgehead atoms. The molecular weight excluding hydrogens is 317 g/mol. The minimum Gasteiger partial charge on any atom is -0.332 e. The predicted octanol–water partition coefficient (Wildman–Crippen LogP) is 2.52. The summed E-state index contributed by atoms with van der Waals surface area (Å²) in [6.45, 7) is 1.70. The zero-order valence-corrected chi connectivity index (χ0v) is 13.4. The topological polar surface area (TPSA) is 54.5 Å². The van der Waals surface area contributed by atoms with Crippen LogP contribution in [0.4, 0.5) is 4.39 Å². The van der Waals surface area contributed by atoms with E-state index in [4.69, 9.17) is 11.6 Å². The number of benzene rings is 1. The molecule has 0 spiro atoms. The first-order valence-corrected chi connectivity index (χ1v) is 9.08. The third-order valence-corrected chi connectivity index (χ3v) is 4.76. The summed E-state index contributed by atoms with van der Waals surface area (Å²) >= 11 is 5.93. The Morgan fingerprint density at radius 2 is 2.10 bits per heavy atom. The smallest absolute Gasteiger partial charge is 0.255 e. The lowest BCUT2D eigenvalue weighted by Gasteiger charge is -2.29. The molecule has 1 fully saturated rings. The van der Waals surface area contributed by atoms with Crippen molar-refractivity contribution in [3.05, 3.63) is 34.6 Å². The zero-order valence-electron chi connectivity index (χ0n) is 11.8. The summed E-state index contributed by atoms with van der Waals surface area (Å²) in [5.41, 5.74) is 0.199. The molecule has 1 aliphatic rings. The molecule has 0 radical (unpaired) electrons. The molecular formula is C14H17ClFNO3S. The van der Waals surface area contributed by atoms with Crippen LogP contribution in [0.25, 0.3) is 0 Å². The summed E-state index contributed by atoms with van der Waals surface area (Å²) in [6, 6.07) is 3.19. The second-order valence-corrected chi connectivity index (χ2v) is 8.10. The van der Waals surface area contributed by atoms with Gasteiger partial charge in [0.2, 0.25) is 0 Å². The molecule has 0 N–H and O–H groups in total. The summed E-state index contributed by atoms with van der Waals surface area (Å²) in [6.07, 6.45) is 2.83. The van der Waals surface area contributed by atoms with Crippen LogP contribution in [0.5, 0.6) is 0 Å². The Kier molecular flexibility index (Phi) is 4.58. The minimum atomic E-state index is -3.19. The maximum atomic E-state index is 13.1. The van der Waals surface area contributed by atoms with Crippen LogP contribution in [-0.2, 0) is 9.84 Å².